The highest BCUT2D eigenvalue weighted by Crippen LogP contribution is 2.21. The van der Waals surface area contributed by atoms with Crippen molar-refractivity contribution in [1.29, 1.82) is 5.26 Å². The number of rotatable bonds is 5. The molecule has 0 aliphatic heterocycles. The molecule has 0 saturated heterocycles. The Balaban J connectivity index is 2.00. The Kier molecular flexibility index (Phi) is 4.14. The molecule has 5 heteroatoms. The molecule has 0 N–H and O–H groups in total. The summed E-state index contributed by atoms with van der Waals surface area (Å²) in [5.74, 6) is 0.655. The van der Waals surface area contributed by atoms with Crippen LogP contribution >= 0.6 is 0 Å². The van der Waals surface area contributed by atoms with Gasteiger partial charge in [0.25, 0.3) is 0 Å². The molecule has 2 aromatic rings. The molecule has 0 amide bonds. The molecule has 1 aromatic heterocycles. The van der Waals surface area contributed by atoms with Gasteiger partial charge < -0.3 is 0 Å². The third kappa shape index (κ3) is 3.41. The van der Waals surface area contributed by atoms with E-state index in [4.69, 9.17) is 5.26 Å². The van der Waals surface area contributed by atoms with Crippen LogP contribution in [-0.2, 0) is 6.54 Å². The average Bonchev–Trinajstić information content (AvgIpc) is 2.88. The number of aromatic nitrogens is 4. The molecule has 0 aliphatic rings. The van der Waals surface area contributed by atoms with Crippen LogP contribution < -0.4 is 0 Å². The number of benzene rings is 1. The lowest BCUT2D eigenvalue weighted by Gasteiger charge is -2.13. The van der Waals surface area contributed by atoms with Crippen LogP contribution in [0.25, 0.3) is 11.4 Å². The number of tetrazole rings is 1. The molecule has 0 fully saturated rings. The zero-order valence-corrected chi connectivity index (χ0v) is 12.2. The molecule has 0 unspecified atom stereocenters. The minimum absolute atomic E-state index is 0.292. The second-order valence-electron chi connectivity index (χ2n) is 5.62. The van der Waals surface area contributed by atoms with Crippen molar-refractivity contribution in [3.8, 4) is 17.5 Å². The largest absolute Gasteiger partial charge is 0.205 e. The van der Waals surface area contributed by atoms with Gasteiger partial charge in [0.15, 0.2) is 0 Å². The van der Waals surface area contributed by atoms with Gasteiger partial charge in [0.1, 0.15) is 0 Å². The second kappa shape index (κ2) is 5.83. The molecule has 0 atom stereocenters. The Labute approximate surface area is 119 Å². The third-order valence-electron chi connectivity index (χ3n) is 3.30. The summed E-state index contributed by atoms with van der Waals surface area (Å²) in [6, 6.07) is 10.3. The molecule has 0 bridgehead atoms. The van der Waals surface area contributed by atoms with Crippen molar-refractivity contribution in [2.75, 3.05) is 0 Å². The van der Waals surface area contributed by atoms with Gasteiger partial charge in [-0.05, 0) is 44.4 Å². The highest BCUT2D eigenvalue weighted by atomic mass is 15.6. The fraction of sp³-hybridized carbons (Fsp3) is 0.467. The van der Waals surface area contributed by atoms with Crippen LogP contribution in [0.1, 0.15) is 32.3 Å². The Morgan fingerprint density at radius 3 is 2.75 bits per heavy atom. The maximum absolute atomic E-state index is 8.97. The van der Waals surface area contributed by atoms with Crippen molar-refractivity contribution in [3.05, 3.63) is 29.8 Å². The van der Waals surface area contributed by atoms with Gasteiger partial charge in [-0.25, -0.2) is 0 Å². The van der Waals surface area contributed by atoms with Crippen LogP contribution in [0.3, 0.4) is 0 Å². The van der Waals surface area contributed by atoms with Gasteiger partial charge in [-0.3, -0.25) is 0 Å². The molecule has 1 aromatic carbocycles. The molecule has 104 valence electrons. The molecule has 1 heterocycles. The van der Waals surface area contributed by atoms with Crippen LogP contribution in [0.15, 0.2) is 24.3 Å². The average molecular weight is 269 g/mol. The van der Waals surface area contributed by atoms with Crippen LogP contribution in [0.4, 0.5) is 0 Å². The van der Waals surface area contributed by atoms with Gasteiger partial charge in [-0.15, -0.1) is 10.2 Å². The summed E-state index contributed by atoms with van der Waals surface area (Å²) in [5.41, 5.74) is 1.85. The van der Waals surface area contributed by atoms with Gasteiger partial charge in [0.05, 0.1) is 18.0 Å². The fourth-order valence-electron chi connectivity index (χ4n) is 1.99. The first kappa shape index (κ1) is 14.2. The van der Waals surface area contributed by atoms with Crippen molar-refractivity contribution in [2.24, 2.45) is 5.41 Å². The summed E-state index contributed by atoms with van der Waals surface area (Å²) in [4.78, 5) is 1.61. The van der Waals surface area contributed by atoms with E-state index in [0.29, 0.717) is 12.4 Å². The van der Waals surface area contributed by atoms with E-state index in [1.54, 1.807) is 4.80 Å². The van der Waals surface area contributed by atoms with Crippen molar-refractivity contribution >= 4 is 0 Å². The molecule has 20 heavy (non-hydrogen) atoms. The Morgan fingerprint density at radius 2 is 2.05 bits per heavy atom. The number of nitriles is 1. The van der Waals surface area contributed by atoms with E-state index in [0.717, 1.165) is 24.0 Å². The van der Waals surface area contributed by atoms with Crippen molar-refractivity contribution in [3.63, 3.8) is 0 Å². The van der Waals surface area contributed by atoms with Crippen molar-refractivity contribution in [2.45, 2.75) is 40.2 Å². The summed E-state index contributed by atoms with van der Waals surface area (Å²) in [5, 5.41) is 21.5. The van der Waals surface area contributed by atoms with Gasteiger partial charge in [0.2, 0.25) is 5.82 Å². The van der Waals surface area contributed by atoms with E-state index < -0.39 is 0 Å². The molecule has 0 saturated carbocycles. The molecule has 0 spiro atoms. The molecular formula is C15H19N5. The summed E-state index contributed by atoms with van der Waals surface area (Å²) in [7, 11) is 0. The number of hydrogen-bond acceptors (Lipinski definition) is 4. The lowest BCUT2D eigenvalue weighted by Crippen LogP contribution is -2.11. The zero-order chi connectivity index (χ0) is 14.6. The monoisotopic (exact) mass is 269 g/mol. The Morgan fingerprint density at radius 1 is 1.30 bits per heavy atom. The zero-order valence-electron chi connectivity index (χ0n) is 12.2. The van der Waals surface area contributed by atoms with Crippen molar-refractivity contribution in [1.82, 2.24) is 20.2 Å². The molecule has 2 rings (SSSR count). The predicted octanol–water partition coefficient (Wildman–Crippen LogP) is 2.98. The first-order valence-corrected chi connectivity index (χ1v) is 6.77. The SMILES string of the molecule is Cc1ccccc1-c1nnn(CCCC(C)(C)C#N)n1. The maximum Gasteiger partial charge on any atom is 0.205 e. The van der Waals surface area contributed by atoms with Crippen LogP contribution in [0.5, 0.6) is 0 Å². The van der Waals surface area contributed by atoms with E-state index in [1.165, 1.54) is 0 Å². The smallest absolute Gasteiger partial charge is 0.198 e. The van der Waals surface area contributed by atoms with E-state index in [2.05, 4.69) is 21.5 Å². The van der Waals surface area contributed by atoms with Gasteiger partial charge >= 0.3 is 0 Å². The highest BCUT2D eigenvalue weighted by Gasteiger charge is 2.16. The molecular weight excluding hydrogens is 250 g/mol. The van der Waals surface area contributed by atoms with E-state index in [9.17, 15) is 0 Å². The van der Waals surface area contributed by atoms with Gasteiger partial charge in [-0.1, -0.05) is 24.3 Å². The van der Waals surface area contributed by atoms with Crippen molar-refractivity contribution < 1.29 is 0 Å². The summed E-state index contributed by atoms with van der Waals surface area (Å²) in [6.45, 7) is 6.61. The third-order valence-corrected chi connectivity index (χ3v) is 3.30. The van der Waals surface area contributed by atoms with E-state index >= 15 is 0 Å². The summed E-state index contributed by atoms with van der Waals surface area (Å²) >= 11 is 0. The number of nitrogens with zero attached hydrogens (tertiary/aromatic N) is 5. The van der Waals surface area contributed by atoms with Crippen LogP contribution in [-0.4, -0.2) is 20.2 Å². The minimum Gasteiger partial charge on any atom is -0.198 e. The topological polar surface area (TPSA) is 67.4 Å². The molecule has 5 nitrogen and oxygen atoms in total. The second-order valence-corrected chi connectivity index (χ2v) is 5.62. The normalized spacial score (nSPS) is 11.3. The van der Waals surface area contributed by atoms with Gasteiger partial charge in [-0.2, -0.15) is 10.1 Å². The summed E-state index contributed by atoms with van der Waals surface area (Å²) in [6.07, 6.45) is 1.69. The Hall–Kier alpha value is -2.22. The lowest BCUT2D eigenvalue weighted by molar-refractivity contribution is 0.391. The first-order chi connectivity index (χ1) is 9.52. The Bertz CT molecular complexity index is 621. The summed E-state index contributed by atoms with van der Waals surface area (Å²) < 4.78 is 0. The van der Waals surface area contributed by atoms with Gasteiger partial charge in [0, 0.05) is 5.56 Å². The van der Waals surface area contributed by atoms with Crippen LogP contribution in [0, 0.1) is 23.7 Å². The molecule has 0 aliphatic carbocycles. The maximum atomic E-state index is 8.97. The quantitative estimate of drug-likeness (QED) is 0.836. The molecule has 0 radical (unpaired) electrons. The number of hydrogen-bond donors (Lipinski definition) is 0. The van der Waals surface area contributed by atoms with E-state index in [-0.39, 0.29) is 5.41 Å². The first-order valence-electron chi connectivity index (χ1n) is 6.77. The highest BCUT2D eigenvalue weighted by molar-refractivity contribution is 5.58. The standard InChI is InChI=1S/C15H19N5/c1-12-7-4-5-8-13(12)14-17-19-20(18-14)10-6-9-15(2,3)11-16/h4-5,7-8H,6,9-10H2,1-3H3. The predicted molar refractivity (Wildman–Crippen MR) is 76.6 cm³/mol. The van der Waals surface area contributed by atoms with E-state index in [1.807, 2.05) is 45.0 Å². The minimum atomic E-state index is -0.292. The van der Waals surface area contributed by atoms with Crippen LogP contribution in [0.2, 0.25) is 0 Å². The number of aryl methyl sites for hydroxylation is 2. The lowest BCUT2D eigenvalue weighted by atomic mass is 9.90. The fourth-order valence-corrected chi connectivity index (χ4v) is 1.99.